The maximum absolute atomic E-state index is 11.4. The topological polar surface area (TPSA) is 44.1 Å². The third-order valence-corrected chi connectivity index (χ3v) is 3.72. The van der Waals surface area contributed by atoms with Gasteiger partial charge in [-0.2, -0.15) is 5.10 Å². The van der Waals surface area contributed by atoms with Crippen LogP contribution in [-0.2, 0) is 17.7 Å². The van der Waals surface area contributed by atoms with Crippen molar-refractivity contribution in [2.75, 3.05) is 7.11 Å². The second kappa shape index (κ2) is 6.57. The first-order valence-electron chi connectivity index (χ1n) is 7.27. The van der Waals surface area contributed by atoms with Crippen molar-refractivity contribution in [3.8, 4) is 0 Å². The van der Waals surface area contributed by atoms with Gasteiger partial charge in [0.1, 0.15) is 0 Å². The molecule has 0 aliphatic carbocycles. The van der Waals surface area contributed by atoms with Gasteiger partial charge in [-0.3, -0.25) is 4.68 Å². The van der Waals surface area contributed by atoms with Crippen molar-refractivity contribution < 1.29 is 9.53 Å². The summed E-state index contributed by atoms with van der Waals surface area (Å²) >= 11 is 0. The number of hydrogen-bond acceptors (Lipinski definition) is 3. The molecule has 0 radical (unpaired) electrons. The fourth-order valence-electron chi connectivity index (χ4n) is 2.50. The highest BCUT2D eigenvalue weighted by Gasteiger charge is 2.12. The number of esters is 1. The lowest BCUT2D eigenvalue weighted by molar-refractivity contribution is 0.0600. The molecule has 4 nitrogen and oxygen atoms in total. The van der Waals surface area contributed by atoms with Gasteiger partial charge in [0.05, 0.1) is 18.4 Å². The van der Waals surface area contributed by atoms with Gasteiger partial charge in [0.25, 0.3) is 0 Å². The van der Waals surface area contributed by atoms with E-state index in [-0.39, 0.29) is 5.97 Å². The van der Waals surface area contributed by atoms with E-state index in [1.165, 1.54) is 23.9 Å². The Labute approximate surface area is 125 Å². The number of aromatic nitrogens is 2. The molecule has 2 aromatic rings. The van der Waals surface area contributed by atoms with E-state index in [4.69, 9.17) is 4.74 Å². The van der Waals surface area contributed by atoms with Gasteiger partial charge in [0.2, 0.25) is 0 Å². The lowest BCUT2D eigenvalue weighted by Crippen LogP contribution is -2.02. The van der Waals surface area contributed by atoms with E-state index in [0.717, 1.165) is 25.1 Å². The average Bonchev–Trinajstić information content (AvgIpc) is 2.75. The Bertz CT molecular complexity index is 627. The van der Waals surface area contributed by atoms with E-state index in [2.05, 4.69) is 30.6 Å². The van der Waals surface area contributed by atoms with Gasteiger partial charge in [0, 0.05) is 24.2 Å². The maximum atomic E-state index is 11.4. The molecule has 21 heavy (non-hydrogen) atoms. The summed E-state index contributed by atoms with van der Waals surface area (Å²) in [6.07, 6.45) is 1.91. The Kier molecular flexibility index (Phi) is 4.78. The average molecular weight is 286 g/mol. The summed E-state index contributed by atoms with van der Waals surface area (Å²) in [6.45, 7) is 7.28. The molecule has 0 saturated carbocycles. The highest BCUT2D eigenvalue weighted by molar-refractivity contribution is 5.89. The molecule has 4 heteroatoms. The fourth-order valence-corrected chi connectivity index (χ4v) is 2.50. The van der Waals surface area contributed by atoms with E-state index in [1.54, 1.807) is 0 Å². The lowest BCUT2D eigenvalue weighted by atomic mass is 10.0. The molecule has 0 saturated heterocycles. The van der Waals surface area contributed by atoms with Crippen LogP contribution in [0, 0.1) is 13.8 Å². The van der Waals surface area contributed by atoms with Crippen LogP contribution in [0.5, 0.6) is 0 Å². The fraction of sp³-hybridized carbons (Fsp3) is 0.412. The summed E-state index contributed by atoms with van der Waals surface area (Å²) in [5.74, 6) is -0.301. The molecule has 0 N–H and O–H groups in total. The van der Waals surface area contributed by atoms with Crippen molar-refractivity contribution in [2.24, 2.45) is 0 Å². The van der Waals surface area contributed by atoms with Gasteiger partial charge in [-0.15, -0.1) is 0 Å². The van der Waals surface area contributed by atoms with Crippen LogP contribution in [0.4, 0.5) is 0 Å². The summed E-state index contributed by atoms with van der Waals surface area (Å²) in [7, 11) is 1.39. The summed E-state index contributed by atoms with van der Waals surface area (Å²) in [5.41, 5.74) is 5.33. The number of nitrogens with zero attached hydrogens (tertiary/aromatic N) is 2. The summed E-state index contributed by atoms with van der Waals surface area (Å²) in [4.78, 5) is 11.4. The molecule has 0 atom stereocenters. The third kappa shape index (κ3) is 3.32. The summed E-state index contributed by atoms with van der Waals surface area (Å²) in [6, 6.07) is 7.56. The van der Waals surface area contributed by atoms with Crippen LogP contribution < -0.4 is 0 Å². The van der Waals surface area contributed by atoms with E-state index < -0.39 is 0 Å². The number of ether oxygens (including phenoxy) is 1. The first-order chi connectivity index (χ1) is 10.1. The molecule has 0 unspecified atom stereocenters. The zero-order chi connectivity index (χ0) is 15.4. The van der Waals surface area contributed by atoms with Gasteiger partial charge in [-0.25, -0.2) is 4.79 Å². The zero-order valence-corrected chi connectivity index (χ0v) is 13.1. The smallest absolute Gasteiger partial charge is 0.337 e. The number of methoxy groups -OCH3 is 1. The SMILES string of the molecule is CCCn1nc(C)c(Cc2ccc(C(=O)OC)cc2)c1C. The molecule has 0 fully saturated rings. The van der Waals surface area contributed by atoms with Crippen molar-refractivity contribution in [2.45, 2.75) is 40.2 Å². The van der Waals surface area contributed by atoms with Crippen LogP contribution in [0.25, 0.3) is 0 Å². The van der Waals surface area contributed by atoms with Gasteiger partial charge in [-0.1, -0.05) is 19.1 Å². The molecular weight excluding hydrogens is 264 g/mol. The Morgan fingerprint density at radius 3 is 2.48 bits per heavy atom. The Morgan fingerprint density at radius 1 is 1.24 bits per heavy atom. The molecule has 0 amide bonds. The Morgan fingerprint density at radius 2 is 1.90 bits per heavy atom. The summed E-state index contributed by atoms with van der Waals surface area (Å²) in [5, 5.41) is 4.60. The van der Waals surface area contributed by atoms with Crippen LogP contribution in [0.1, 0.15) is 46.2 Å². The van der Waals surface area contributed by atoms with E-state index in [9.17, 15) is 4.79 Å². The number of carbonyl (C=O) groups is 1. The van der Waals surface area contributed by atoms with Crippen LogP contribution in [-0.4, -0.2) is 22.9 Å². The first-order valence-corrected chi connectivity index (χ1v) is 7.27. The zero-order valence-electron chi connectivity index (χ0n) is 13.1. The minimum Gasteiger partial charge on any atom is -0.465 e. The second-order valence-corrected chi connectivity index (χ2v) is 5.24. The van der Waals surface area contributed by atoms with E-state index in [1.807, 2.05) is 24.3 Å². The second-order valence-electron chi connectivity index (χ2n) is 5.24. The van der Waals surface area contributed by atoms with Crippen LogP contribution in [0.15, 0.2) is 24.3 Å². The number of hydrogen-bond donors (Lipinski definition) is 0. The Hall–Kier alpha value is -2.10. The predicted octanol–water partition coefficient (Wildman–Crippen LogP) is 3.29. The molecule has 0 aliphatic rings. The maximum Gasteiger partial charge on any atom is 0.337 e. The lowest BCUT2D eigenvalue weighted by Gasteiger charge is -2.05. The van der Waals surface area contributed by atoms with E-state index >= 15 is 0 Å². The summed E-state index contributed by atoms with van der Waals surface area (Å²) < 4.78 is 6.79. The van der Waals surface area contributed by atoms with Crippen LogP contribution in [0.3, 0.4) is 0 Å². The minimum atomic E-state index is -0.301. The number of benzene rings is 1. The highest BCUT2D eigenvalue weighted by Crippen LogP contribution is 2.18. The standard InChI is InChI=1S/C17H22N2O2/c1-5-10-19-13(3)16(12(2)18-19)11-14-6-8-15(9-7-14)17(20)21-4/h6-9H,5,10-11H2,1-4H3. The van der Waals surface area contributed by atoms with Crippen molar-refractivity contribution in [1.82, 2.24) is 9.78 Å². The number of aryl methyl sites for hydroxylation is 2. The van der Waals surface area contributed by atoms with Crippen LogP contribution in [0.2, 0.25) is 0 Å². The van der Waals surface area contributed by atoms with Gasteiger partial charge in [0.15, 0.2) is 0 Å². The highest BCUT2D eigenvalue weighted by atomic mass is 16.5. The van der Waals surface area contributed by atoms with Crippen molar-refractivity contribution in [1.29, 1.82) is 0 Å². The molecule has 112 valence electrons. The van der Waals surface area contributed by atoms with E-state index in [0.29, 0.717) is 5.56 Å². The number of carbonyl (C=O) groups excluding carboxylic acids is 1. The number of rotatable bonds is 5. The van der Waals surface area contributed by atoms with Crippen molar-refractivity contribution in [3.05, 3.63) is 52.3 Å². The monoisotopic (exact) mass is 286 g/mol. The molecule has 1 heterocycles. The molecule has 0 spiro atoms. The largest absolute Gasteiger partial charge is 0.465 e. The van der Waals surface area contributed by atoms with Crippen molar-refractivity contribution >= 4 is 5.97 Å². The minimum absolute atomic E-state index is 0.301. The van der Waals surface area contributed by atoms with Gasteiger partial charge >= 0.3 is 5.97 Å². The molecule has 1 aromatic carbocycles. The van der Waals surface area contributed by atoms with Crippen molar-refractivity contribution in [3.63, 3.8) is 0 Å². The quantitative estimate of drug-likeness (QED) is 0.792. The Balaban J connectivity index is 2.20. The molecule has 1 aromatic heterocycles. The molecule has 0 bridgehead atoms. The van der Waals surface area contributed by atoms with Gasteiger partial charge in [-0.05, 0) is 38.0 Å². The van der Waals surface area contributed by atoms with Gasteiger partial charge < -0.3 is 4.74 Å². The molecular formula is C17H22N2O2. The molecule has 2 rings (SSSR count). The first kappa shape index (κ1) is 15.3. The third-order valence-electron chi connectivity index (χ3n) is 3.72. The predicted molar refractivity (Wildman–Crippen MR) is 82.6 cm³/mol. The van der Waals surface area contributed by atoms with Crippen LogP contribution >= 0.6 is 0 Å². The normalized spacial score (nSPS) is 10.7. The molecule has 0 aliphatic heterocycles.